The van der Waals surface area contributed by atoms with Crippen LogP contribution in [-0.4, -0.2) is 30.1 Å². The van der Waals surface area contributed by atoms with Gasteiger partial charge in [-0.25, -0.2) is 4.98 Å². The van der Waals surface area contributed by atoms with Crippen LogP contribution in [0.1, 0.15) is 5.56 Å². The Morgan fingerprint density at radius 3 is 2.85 bits per heavy atom. The Kier molecular flexibility index (Phi) is 4.59. The largest absolute Gasteiger partial charge is 0.270 e. The molecule has 0 atom stereocenters. The van der Waals surface area contributed by atoms with E-state index in [9.17, 15) is 10.1 Å². The van der Waals surface area contributed by atoms with Crippen LogP contribution in [0.3, 0.4) is 0 Å². The molecular weight excluding hydrogens is 372 g/mol. The monoisotopic (exact) mass is 384 g/mol. The molecule has 2 aromatic heterocycles. The number of hydrogen-bond donors (Lipinski definition) is 0. The van der Waals surface area contributed by atoms with Crippen LogP contribution in [0.15, 0.2) is 58.0 Å². The molecule has 0 saturated carbocycles. The summed E-state index contributed by atoms with van der Waals surface area (Å²) in [6.45, 7) is 0.642. The summed E-state index contributed by atoms with van der Waals surface area (Å²) >= 11 is 2.68. The van der Waals surface area contributed by atoms with E-state index in [1.807, 2.05) is 18.2 Å². The molecule has 0 spiro atoms. The second-order valence-corrected chi connectivity index (χ2v) is 7.64. The number of benzene rings is 2. The zero-order valence-corrected chi connectivity index (χ0v) is 15.0. The topological polar surface area (TPSA) is 99.6 Å². The quantitative estimate of drug-likeness (QED) is 0.370. The number of thiazole rings is 1. The van der Waals surface area contributed by atoms with Gasteiger partial charge in [-0.15, -0.1) is 21.5 Å². The fourth-order valence-corrected chi connectivity index (χ4v) is 4.27. The van der Waals surface area contributed by atoms with Crippen molar-refractivity contribution in [3.05, 3.63) is 64.2 Å². The lowest BCUT2D eigenvalue weighted by Gasteiger charge is -1.98. The van der Waals surface area contributed by atoms with E-state index in [0.717, 1.165) is 21.0 Å². The van der Waals surface area contributed by atoms with Crippen molar-refractivity contribution in [2.45, 2.75) is 22.5 Å². The highest BCUT2D eigenvalue weighted by atomic mass is 32.2. The number of rotatable bonds is 6. The SMILES string of the molecule is O=[N+]([O-])c1ccc2nc(Sc3nnn(CCc4ccccc4)n3)sc2c1. The second kappa shape index (κ2) is 7.18. The standard InChI is InChI=1S/C16H12N6O2S2/c23-22(24)12-6-7-13-14(10-12)25-16(17-13)26-15-18-20-21(19-15)9-8-11-4-2-1-3-5-11/h1-7,10H,8-9H2. The minimum Gasteiger partial charge on any atom is -0.258 e. The average Bonchev–Trinajstić information content (AvgIpc) is 3.26. The van der Waals surface area contributed by atoms with Crippen molar-refractivity contribution in [2.24, 2.45) is 0 Å². The molecule has 0 saturated heterocycles. The maximum absolute atomic E-state index is 10.9. The van der Waals surface area contributed by atoms with Gasteiger partial charge in [0.05, 0.1) is 21.7 Å². The molecule has 2 aromatic carbocycles. The molecule has 130 valence electrons. The molecule has 0 bridgehead atoms. The van der Waals surface area contributed by atoms with E-state index in [1.165, 1.54) is 40.8 Å². The van der Waals surface area contributed by atoms with E-state index < -0.39 is 4.92 Å². The van der Waals surface area contributed by atoms with Crippen molar-refractivity contribution in [2.75, 3.05) is 0 Å². The van der Waals surface area contributed by atoms with Crippen LogP contribution in [0.25, 0.3) is 10.2 Å². The zero-order valence-electron chi connectivity index (χ0n) is 13.3. The van der Waals surface area contributed by atoms with Crippen molar-refractivity contribution < 1.29 is 4.92 Å². The lowest BCUT2D eigenvalue weighted by atomic mass is 10.2. The van der Waals surface area contributed by atoms with Gasteiger partial charge in [0.25, 0.3) is 5.69 Å². The first-order valence-electron chi connectivity index (χ1n) is 7.72. The van der Waals surface area contributed by atoms with E-state index in [0.29, 0.717) is 11.7 Å². The van der Waals surface area contributed by atoms with Gasteiger partial charge in [0, 0.05) is 12.1 Å². The summed E-state index contributed by atoms with van der Waals surface area (Å²) in [5, 5.41) is 23.8. The van der Waals surface area contributed by atoms with Gasteiger partial charge in [0.1, 0.15) is 0 Å². The number of aromatic nitrogens is 5. The highest BCUT2D eigenvalue weighted by Gasteiger charge is 2.13. The van der Waals surface area contributed by atoms with E-state index in [4.69, 9.17) is 0 Å². The lowest BCUT2D eigenvalue weighted by Crippen LogP contribution is -2.05. The Morgan fingerprint density at radius 2 is 2.04 bits per heavy atom. The molecular formula is C16H12N6O2S2. The second-order valence-electron chi connectivity index (χ2n) is 5.39. The van der Waals surface area contributed by atoms with Crippen molar-refractivity contribution in [3.63, 3.8) is 0 Å². The third kappa shape index (κ3) is 3.70. The smallest absolute Gasteiger partial charge is 0.258 e. The first-order chi connectivity index (χ1) is 12.7. The van der Waals surface area contributed by atoms with Gasteiger partial charge < -0.3 is 0 Å². The number of nitrogens with zero attached hydrogens (tertiary/aromatic N) is 6. The highest BCUT2D eigenvalue weighted by molar-refractivity contribution is 8.01. The average molecular weight is 384 g/mol. The van der Waals surface area contributed by atoms with Crippen LogP contribution in [0.5, 0.6) is 0 Å². The van der Waals surface area contributed by atoms with Gasteiger partial charge in [-0.1, -0.05) is 30.3 Å². The number of nitro benzene ring substituents is 1. The summed E-state index contributed by atoms with van der Waals surface area (Å²) in [6.07, 6.45) is 0.826. The molecule has 0 fully saturated rings. The van der Waals surface area contributed by atoms with Gasteiger partial charge in [-0.3, -0.25) is 10.1 Å². The number of aryl methyl sites for hydroxylation is 2. The predicted octanol–water partition coefficient (Wildman–Crippen LogP) is 3.58. The third-order valence-electron chi connectivity index (χ3n) is 3.62. The van der Waals surface area contributed by atoms with Crippen LogP contribution in [0.4, 0.5) is 5.69 Å². The first kappa shape index (κ1) is 16.6. The van der Waals surface area contributed by atoms with Crippen molar-refractivity contribution in [3.8, 4) is 0 Å². The van der Waals surface area contributed by atoms with Crippen LogP contribution in [0.2, 0.25) is 0 Å². The molecule has 0 aliphatic carbocycles. The van der Waals surface area contributed by atoms with Gasteiger partial charge in [0.15, 0.2) is 4.34 Å². The fourth-order valence-electron chi connectivity index (χ4n) is 2.37. The Balaban J connectivity index is 1.45. The molecule has 0 unspecified atom stereocenters. The van der Waals surface area contributed by atoms with Crippen LogP contribution < -0.4 is 0 Å². The van der Waals surface area contributed by atoms with E-state index >= 15 is 0 Å². The van der Waals surface area contributed by atoms with Crippen LogP contribution in [0, 0.1) is 10.1 Å². The van der Waals surface area contributed by atoms with Gasteiger partial charge in [0.2, 0.25) is 5.16 Å². The predicted molar refractivity (Wildman–Crippen MR) is 98.4 cm³/mol. The zero-order chi connectivity index (χ0) is 17.9. The number of non-ortho nitro benzene ring substituents is 1. The molecule has 0 amide bonds. The van der Waals surface area contributed by atoms with Crippen molar-refractivity contribution in [1.82, 2.24) is 25.2 Å². The summed E-state index contributed by atoms with van der Waals surface area (Å²) < 4.78 is 1.49. The first-order valence-corrected chi connectivity index (χ1v) is 9.35. The van der Waals surface area contributed by atoms with Crippen LogP contribution in [-0.2, 0) is 13.0 Å². The van der Waals surface area contributed by atoms with Gasteiger partial charge in [-0.2, -0.15) is 4.80 Å². The molecule has 4 rings (SSSR count). The fraction of sp³-hybridized carbons (Fsp3) is 0.125. The summed E-state index contributed by atoms with van der Waals surface area (Å²) in [4.78, 5) is 16.5. The maximum atomic E-state index is 10.9. The van der Waals surface area contributed by atoms with Crippen molar-refractivity contribution >= 4 is 39.0 Å². The number of hydrogen-bond acceptors (Lipinski definition) is 8. The molecule has 10 heteroatoms. The Morgan fingerprint density at radius 1 is 1.19 bits per heavy atom. The number of tetrazole rings is 1. The Hall–Kier alpha value is -2.85. The lowest BCUT2D eigenvalue weighted by molar-refractivity contribution is -0.384. The summed E-state index contributed by atoms with van der Waals surface area (Å²) in [7, 11) is 0. The number of nitro groups is 1. The third-order valence-corrected chi connectivity index (χ3v) is 5.54. The Bertz CT molecular complexity index is 1060. The molecule has 26 heavy (non-hydrogen) atoms. The molecule has 0 aliphatic rings. The van der Waals surface area contributed by atoms with E-state index in [1.54, 1.807) is 10.9 Å². The molecule has 0 radical (unpaired) electrons. The highest BCUT2D eigenvalue weighted by Crippen LogP contribution is 2.34. The molecule has 4 aromatic rings. The minimum atomic E-state index is -0.411. The summed E-state index contributed by atoms with van der Waals surface area (Å²) in [5.41, 5.74) is 1.99. The van der Waals surface area contributed by atoms with E-state index in [2.05, 4.69) is 32.5 Å². The minimum absolute atomic E-state index is 0.0580. The maximum Gasteiger partial charge on any atom is 0.270 e. The van der Waals surface area contributed by atoms with E-state index in [-0.39, 0.29) is 5.69 Å². The molecule has 0 aliphatic heterocycles. The Labute approximate surface area is 156 Å². The van der Waals surface area contributed by atoms with Crippen molar-refractivity contribution in [1.29, 1.82) is 0 Å². The summed E-state index contributed by atoms with van der Waals surface area (Å²) in [5.74, 6) is 0. The normalized spacial score (nSPS) is 11.1. The molecule has 2 heterocycles. The number of fused-ring (bicyclic) bond motifs is 1. The van der Waals surface area contributed by atoms with Crippen LogP contribution >= 0.6 is 23.1 Å². The molecule has 0 N–H and O–H groups in total. The van der Waals surface area contributed by atoms with Gasteiger partial charge in [-0.05, 0) is 35.0 Å². The summed E-state index contributed by atoms with van der Waals surface area (Å²) in [6, 6.07) is 14.7. The molecule has 8 nitrogen and oxygen atoms in total. The van der Waals surface area contributed by atoms with Gasteiger partial charge >= 0.3 is 0 Å².